The molecule has 2 heterocycles. The number of carboxylic acids is 1. The summed E-state index contributed by atoms with van der Waals surface area (Å²) in [5.74, 6) is -3.71. The lowest BCUT2D eigenvalue weighted by atomic mass is 9.83. The topological polar surface area (TPSA) is 59.0 Å². The van der Waals surface area contributed by atoms with Crippen LogP contribution in [0.25, 0.3) is 0 Å². The van der Waals surface area contributed by atoms with Gasteiger partial charge in [0.15, 0.2) is 11.5 Å². The number of benzene rings is 1. The van der Waals surface area contributed by atoms with E-state index >= 15 is 0 Å². The third-order valence-corrected chi connectivity index (χ3v) is 6.42. The molecule has 0 bridgehead atoms. The van der Waals surface area contributed by atoms with E-state index in [9.17, 15) is 18.7 Å². The van der Waals surface area contributed by atoms with Crippen molar-refractivity contribution < 1.29 is 28.2 Å². The molecule has 148 valence electrons. The molecule has 0 unspecified atom stereocenters. The van der Waals surface area contributed by atoms with Gasteiger partial charge < -0.3 is 14.6 Å². The molecule has 1 saturated heterocycles. The molecule has 1 aromatic carbocycles. The Balaban J connectivity index is 1.47. The number of carbonyl (C=O) groups is 1. The van der Waals surface area contributed by atoms with Crippen LogP contribution in [0.1, 0.15) is 48.5 Å². The Bertz CT molecular complexity index is 786. The Hall–Kier alpha value is -1.60. The van der Waals surface area contributed by atoms with E-state index in [0.29, 0.717) is 17.1 Å². The first-order valence-electron chi connectivity index (χ1n) is 9.16. The van der Waals surface area contributed by atoms with Crippen LogP contribution in [0, 0.1) is 12.8 Å². The Kier molecular flexibility index (Phi) is 4.31. The molecule has 0 amide bonds. The minimum absolute atomic E-state index is 0.0359. The van der Waals surface area contributed by atoms with E-state index in [1.807, 2.05) is 6.92 Å². The molecule has 4 rings (SSSR count). The summed E-state index contributed by atoms with van der Waals surface area (Å²) < 4.78 is 38.4. The lowest BCUT2D eigenvalue weighted by Crippen LogP contribution is -2.55. The van der Waals surface area contributed by atoms with E-state index in [4.69, 9.17) is 21.1 Å². The van der Waals surface area contributed by atoms with Crippen LogP contribution in [0.15, 0.2) is 6.07 Å². The van der Waals surface area contributed by atoms with Gasteiger partial charge in [0.05, 0.1) is 10.6 Å². The highest BCUT2D eigenvalue weighted by Crippen LogP contribution is 2.51. The quantitative estimate of drug-likeness (QED) is 0.816. The molecule has 1 N–H and O–H groups in total. The van der Waals surface area contributed by atoms with Crippen LogP contribution in [0.2, 0.25) is 5.02 Å². The maximum Gasteiger partial charge on any atom is 0.336 e. The van der Waals surface area contributed by atoms with Crippen LogP contribution < -0.4 is 9.47 Å². The molecule has 1 aromatic rings. The maximum atomic E-state index is 13.1. The number of hydrogen-bond donors (Lipinski definition) is 1. The van der Waals surface area contributed by atoms with Crippen molar-refractivity contribution in [3.63, 3.8) is 0 Å². The zero-order valence-electron chi connectivity index (χ0n) is 15.2. The molecule has 1 aliphatic carbocycles. The lowest BCUT2D eigenvalue weighted by Gasteiger charge is -2.46. The van der Waals surface area contributed by atoms with Crippen LogP contribution in [-0.4, -0.2) is 46.8 Å². The monoisotopic (exact) mass is 401 g/mol. The van der Waals surface area contributed by atoms with E-state index in [1.54, 1.807) is 6.92 Å². The van der Waals surface area contributed by atoms with Gasteiger partial charge in [-0.05, 0) is 38.9 Å². The highest BCUT2D eigenvalue weighted by atomic mass is 35.5. The van der Waals surface area contributed by atoms with Gasteiger partial charge in [0.2, 0.25) is 0 Å². The van der Waals surface area contributed by atoms with Crippen LogP contribution >= 0.6 is 11.6 Å². The van der Waals surface area contributed by atoms with E-state index in [1.165, 1.54) is 6.07 Å². The van der Waals surface area contributed by atoms with Gasteiger partial charge in [0.25, 0.3) is 11.7 Å². The molecular weight excluding hydrogens is 380 g/mol. The van der Waals surface area contributed by atoms with E-state index in [-0.39, 0.29) is 35.4 Å². The zero-order valence-corrected chi connectivity index (χ0v) is 16.0. The SMILES string of the molecule is Cc1c(C(=O)O)cc(Cl)c2c1O[C@@](C)(C1CCN(C3CC(F)(F)C3)CC1)O2. The zero-order chi connectivity index (χ0) is 19.6. The number of aromatic carboxylic acids is 1. The fourth-order valence-corrected chi connectivity index (χ4v) is 4.64. The second-order valence-electron chi connectivity index (χ2n) is 7.94. The molecule has 1 atom stereocenters. The second-order valence-corrected chi connectivity index (χ2v) is 8.35. The largest absolute Gasteiger partial charge is 0.478 e. The summed E-state index contributed by atoms with van der Waals surface area (Å²) in [6.45, 7) is 4.95. The van der Waals surface area contributed by atoms with Crippen LogP contribution in [-0.2, 0) is 0 Å². The number of halogens is 3. The molecule has 0 spiro atoms. The summed E-state index contributed by atoms with van der Waals surface area (Å²) in [5.41, 5.74) is 0.576. The van der Waals surface area contributed by atoms with Crippen molar-refractivity contribution >= 4 is 17.6 Å². The minimum atomic E-state index is -2.51. The van der Waals surface area contributed by atoms with Gasteiger partial charge >= 0.3 is 5.97 Å². The number of likely N-dealkylation sites (tertiary alicyclic amines) is 1. The summed E-state index contributed by atoms with van der Waals surface area (Å²) in [4.78, 5) is 13.5. The average Bonchev–Trinajstić information content (AvgIpc) is 2.96. The first kappa shape index (κ1) is 18.7. The normalized spacial score (nSPS) is 28.2. The van der Waals surface area contributed by atoms with E-state index in [0.717, 1.165) is 25.9 Å². The number of nitrogens with zero attached hydrogens (tertiary/aromatic N) is 1. The predicted octanol–water partition coefficient (Wildman–Crippen LogP) is 4.34. The highest BCUT2D eigenvalue weighted by molar-refractivity contribution is 6.32. The van der Waals surface area contributed by atoms with Gasteiger partial charge in [-0.1, -0.05) is 11.6 Å². The number of hydrogen-bond acceptors (Lipinski definition) is 4. The van der Waals surface area contributed by atoms with Crippen molar-refractivity contribution in [2.45, 2.75) is 57.3 Å². The fourth-order valence-electron chi connectivity index (χ4n) is 4.41. The van der Waals surface area contributed by atoms with Gasteiger partial charge in [-0.2, -0.15) is 0 Å². The third kappa shape index (κ3) is 3.14. The molecule has 0 aromatic heterocycles. The van der Waals surface area contributed by atoms with Gasteiger partial charge in [0, 0.05) is 37.3 Å². The number of rotatable bonds is 3. The molecule has 3 aliphatic rings. The molecule has 2 fully saturated rings. The Labute approximate surface area is 161 Å². The maximum absolute atomic E-state index is 13.1. The molecule has 0 radical (unpaired) electrons. The second kappa shape index (κ2) is 6.21. The molecular formula is C19H22ClF2NO4. The fraction of sp³-hybridized carbons (Fsp3) is 0.632. The number of alkyl halides is 2. The summed E-state index contributed by atoms with van der Waals surface area (Å²) in [5, 5.41) is 9.55. The first-order valence-corrected chi connectivity index (χ1v) is 9.54. The van der Waals surface area contributed by atoms with E-state index in [2.05, 4.69) is 4.90 Å². The molecule has 2 aliphatic heterocycles. The molecule has 1 saturated carbocycles. The van der Waals surface area contributed by atoms with Crippen molar-refractivity contribution in [2.75, 3.05) is 13.1 Å². The number of ether oxygens (including phenoxy) is 2. The standard InChI is InChI=1S/C19H22ClF2NO4/c1-10-13(17(24)25)7-14(20)16-15(10)26-18(2,27-16)11-3-5-23(6-4-11)12-8-19(21,22)9-12/h7,11-12H,3-6,8-9H2,1-2H3,(H,24,25)/t18-/m1/s1. The summed E-state index contributed by atoms with van der Waals surface area (Å²) in [7, 11) is 0. The molecule has 27 heavy (non-hydrogen) atoms. The Morgan fingerprint density at radius 2 is 1.85 bits per heavy atom. The third-order valence-electron chi connectivity index (χ3n) is 6.13. The van der Waals surface area contributed by atoms with Crippen molar-refractivity contribution in [1.82, 2.24) is 4.90 Å². The number of fused-ring (bicyclic) bond motifs is 1. The Morgan fingerprint density at radius 3 is 2.41 bits per heavy atom. The average molecular weight is 402 g/mol. The summed E-state index contributed by atoms with van der Waals surface area (Å²) in [6, 6.07) is 1.35. The van der Waals surface area contributed by atoms with Crippen molar-refractivity contribution in [1.29, 1.82) is 0 Å². The summed E-state index contributed by atoms with van der Waals surface area (Å²) >= 11 is 6.23. The van der Waals surface area contributed by atoms with Crippen molar-refractivity contribution in [3.05, 3.63) is 22.2 Å². The van der Waals surface area contributed by atoms with E-state index < -0.39 is 17.7 Å². The number of piperidine rings is 1. The van der Waals surface area contributed by atoms with Gasteiger partial charge in [-0.25, -0.2) is 13.6 Å². The van der Waals surface area contributed by atoms with Crippen LogP contribution in [0.5, 0.6) is 11.5 Å². The lowest BCUT2D eigenvalue weighted by molar-refractivity contribution is -0.151. The first-order chi connectivity index (χ1) is 12.6. The summed E-state index contributed by atoms with van der Waals surface area (Å²) in [6.07, 6.45) is 1.41. The van der Waals surface area contributed by atoms with Gasteiger partial charge in [-0.15, -0.1) is 0 Å². The minimum Gasteiger partial charge on any atom is -0.478 e. The number of carboxylic acid groups (broad SMARTS) is 1. The predicted molar refractivity (Wildman–Crippen MR) is 95.1 cm³/mol. The van der Waals surface area contributed by atoms with Crippen molar-refractivity contribution in [3.8, 4) is 11.5 Å². The highest BCUT2D eigenvalue weighted by Gasteiger charge is 2.51. The molecule has 8 heteroatoms. The van der Waals surface area contributed by atoms with Gasteiger partial charge in [0.1, 0.15) is 0 Å². The van der Waals surface area contributed by atoms with Crippen LogP contribution in [0.4, 0.5) is 8.78 Å². The Morgan fingerprint density at radius 1 is 1.26 bits per heavy atom. The molecule has 5 nitrogen and oxygen atoms in total. The van der Waals surface area contributed by atoms with Crippen LogP contribution in [0.3, 0.4) is 0 Å². The smallest absolute Gasteiger partial charge is 0.336 e. The van der Waals surface area contributed by atoms with Gasteiger partial charge in [-0.3, -0.25) is 4.90 Å². The van der Waals surface area contributed by atoms with Crippen molar-refractivity contribution in [2.24, 2.45) is 5.92 Å².